The molecule has 1 rings (SSSR count). The van der Waals surface area contributed by atoms with Gasteiger partial charge >= 0.3 is 0 Å². The molecule has 0 aliphatic heterocycles. The van der Waals surface area contributed by atoms with Crippen molar-refractivity contribution in [2.75, 3.05) is 13.1 Å². The second-order valence-electron chi connectivity index (χ2n) is 4.87. The Labute approximate surface area is 89.7 Å². The monoisotopic (exact) mass is 197 g/mol. The summed E-state index contributed by atoms with van der Waals surface area (Å²) in [5.41, 5.74) is 0. The van der Waals surface area contributed by atoms with E-state index in [-0.39, 0.29) is 0 Å². The van der Waals surface area contributed by atoms with E-state index in [2.05, 4.69) is 19.2 Å². The molecule has 0 spiro atoms. The average Bonchev–Trinajstić information content (AvgIpc) is 2.14. The van der Waals surface area contributed by atoms with Crippen molar-refractivity contribution >= 4 is 0 Å². The molecule has 1 fully saturated rings. The van der Waals surface area contributed by atoms with Crippen LogP contribution in [0.5, 0.6) is 0 Å². The van der Waals surface area contributed by atoms with E-state index in [1.165, 1.54) is 58.0 Å². The maximum absolute atomic E-state index is 3.65. The minimum Gasteiger partial charge on any atom is -0.316 e. The van der Waals surface area contributed by atoms with Gasteiger partial charge in [0.15, 0.2) is 0 Å². The highest BCUT2D eigenvalue weighted by atomic mass is 14.9. The molecule has 0 saturated heterocycles. The number of rotatable bonds is 8. The highest BCUT2D eigenvalue weighted by Gasteiger charge is 2.16. The Hall–Kier alpha value is -0.0400. The molecule has 1 N–H and O–H groups in total. The van der Waals surface area contributed by atoms with E-state index in [1.807, 2.05) is 0 Å². The quantitative estimate of drug-likeness (QED) is 0.627. The first-order valence-electron chi connectivity index (χ1n) is 6.57. The van der Waals surface area contributed by atoms with Crippen molar-refractivity contribution in [3.05, 3.63) is 0 Å². The van der Waals surface area contributed by atoms with Crippen LogP contribution < -0.4 is 5.32 Å². The fourth-order valence-corrected chi connectivity index (χ4v) is 2.13. The van der Waals surface area contributed by atoms with Crippen molar-refractivity contribution < 1.29 is 0 Å². The van der Waals surface area contributed by atoms with E-state index >= 15 is 0 Å². The van der Waals surface area contributed by atoms with Crippen LogP contribution in [0, 0.1) is 11.8 Å². The second kappa shape index (κ2) is 7.28. The highest BCUT2D eigenvalue weighted by Crippen LogP contribution is 2.25. The first-order valence-corrected chi connectivity index (χ1v) is 6.57. The lowest BCUT2D eigenvalue weighted by Crippen LogP contribution is -2.31. The third-order valence-corrected chi connectivity index (χ3v) is 3.63. The van der Waals surface area contributed by atoms with Crippen molar-refractivity contribution in [1.82, 2.24) is 5.32 Å². The van der Waals surface area contributed by atoms with E-state index in [4.69, 9.17) is 0 Å². The third-order valence-electron chi connectivity index (χ3n) is 3.63. The minimum absolute atomic E-state index is 0.926. The maximum atomic E-state index is 3.65. The first kappa shape index (κ1) is 12.0. The van der Waals surface area contributed by atoms with E-state index in [0.29, 0.717) is 0 Å². The topological polar surface area (TPSA) is 12.0 Å². The Kier molecular flexibility index (Phi) is 6.25. The summed E-state index contributed by atoms with van der Waals surface area (Å²) >= 11 is 0. The molecule has 1 unspecified atom stereocenters. The standard InChI is InChI=1S/C13H27N/c1-3-5-7-12(4-2)10-14-11-13-8-6-9-13/h12-14H,3-11H2,1-2H3. The first-order chi connectivity index (χ1) is 6.86. The van der Waals surface area contributed by atoms with Gasteiger partial charge < -0.3 is 5.32 Å². The Morgan fingerprint density at radius 1 is 1.29 bits per heavy atom. The van der Waals surface area contributed by atoms with Gasteiger partial charge in [-0.25, -0.2) is 0 Å². The fourth-order valence-electron chi connectivity index (χ4n) is 2.13. The Bertz CT molecular complexity index is 129. The summed E-state index contributed by atoms with van der Waals surface area (Å²) in [5.74, 6) is 1.94. The van der Waals surface area contributed by atoms with Crippen LogP contribution in [0.4, 0.5) is 0 Å². The third kappa shape index (κ3) is 4.45. The maximum Gasteiger partial charge on any atom is -0.00204 e. The van der Waals surface area contributed by atoms with Crippen LogP contribution in [-0.4, -0.2) is 13.1 Å². The molecule has 1 atom stereocenters. The van der Waals surface area contributed by atoms with Gasteiger partial charge in [0.05, 0.1) is 0 Å². The molecule has 0 aromatic heterocycles. The van der Waals surface area contributed by atoms with Gasteiger partial charge in [0.2, 0.25) is 0 Å². The van der Waals surface area contributed by atoms with E-state index in [1.54, 1.807) is 0 Å². The summed E-state index contributed by atoms with van der Waals surface area (Å²) in [6, 6.07) is 0. The number of nitrogens with one attached hydrogen (secondary N) is 1. The Balaban J connectivity index is 1.95. The van der Waals surface area contributed by atoms with Gasteiger partial charge in [-0.15, -0.1) is 0 Å². The average molecular weight is 197 g/mol. The van der Waals surface area contributed by atoms with Crippen molar-refractivity contribution in [1.29, 1.82) is 0 Å². The summed E-state index contributed by atoms with van der Waals surface area (Å²) in [5, 5.41) is 3.65. The molecular weight excluding hydrogens is 170 g/mol. The summed E-state index contributed by atoms with van der Waals surface area (Å²) < 4.78 is 0. The zero-order valence-electron chi connectivity index (χ0n) is 10.0. The lowest BCUT2D eigenvalue weighted by atomic mass is 9.85. The molecule has 1 saturated carbocycles. The molecule has 0 aromatic rings. The number of hydrogen-bond donors (Lipinski definition) is 1. The zero-order chi connectivity index (χ0) is 10.2. The van der Waals surface area contributed by atoms with E-state index in [0.717, 1.165) is 11.8 Å². The normalized spacial score (nSPS) is 19.3. The van der Waals surface area contributed by atoms with Crippen molar-refractivity contribution in [2.45, 2.75) is 58.8 Å². The van der Waals surface area contributed by atoms with Crippen LogP contribution in [0.25, 0.3) is 0 Å². The van der Waals surface area contributed by atoms with E-state index < -0.39 is 0 Å². The SMILES string of the molecule is CCCCC(CC)CNCC1CCC1. The fraction of sp³-hybridized carbons (Fsp3) is 1.00. The van der Waals surface area contributed by atoms with Crippen LogP contribution in [0.1, 0.15) is 58.8 Å². The molecular formula is C13H27N. The van der Waals surface area contributed by atoms with Crippen molar-refractivity contribution in [3.63, 3.8) is 0 Å². The molecule has 0 amide bonds. The minimum atomic E-state index is 0.926. The largest absolute Gasteiger partial charge is 0.316 e. The van der Waals surface area contributed by atoms with Gasteiger partial charge in [-0.3, -0.25) is 0 Å². The molecule has 1 aliphatic carbocycles. The van der Waals surface area contributed by atoms with Gasteiger partial charge in [-0.05, 0) is 44.2 Å². The molecule has 84 valence electrons. The Morgan fingerprint density at radius 2 is 2.07 bits per heavy atom. The Morgan fingerprint density at radius 3 is 2.57 bits per heavy atom. The number of unbranched alkanes of at least 4 members (excludes halogenated alkanes) is 1. The van der Waals surface area contributed by atoms with Crippen molar-refractivity contribution in [2.24, 2.45) is 11.8 Å². The lowest BCUT2D eigenvalue weighted by Gasteiger charge is -2.26. The highest BCUT2D eigenvalue weighted by molar-refractivity contribution is 4.72. The molecule has 14 heavy (non-hydrogen) atoms. The van der Waals surface area contributed by atoms with Crippen LogP contribution >= 0.6 is 0 Å². The van der Waals surface area contributed by atoms with Gasteiger partial charge in [0, 0.05) is 0 Å². The summed E-state index contributed by atoms with van der Waals surface area (Å²) in [6.45, 7) is 7.15. The molecule has 0 radical (unpaired) electrons. The second-order valence-corrected chi connectivity index (χ2v) is 4.87. The van der Waals surface area contributed by atoms with Gasteiger partial charge in [0.25, 0.3) is 0 Å². The zero-order valence-corrected chi connectivity index (χ0v) is 10.0. The molecule has 0 aromatic carbocycles. The predicted octanol–water partition coefficient (Wildman–Crippen LogP) is 3.59. The van der Waals surface area contributed by atoms with Crippen LogP contribution in [-0.2, 0) is 0 Å². The van der Waals surface area contributed by atoms with Crippen LogP contribution in [0.3, 0.4) is 0 Å². The van der Waals surface area contributed by atoms with Crippen LogP contribution in [0.2, 0.25) is 0 Å². The molecule has 0 bridgehead atoms. The smallest absolute Gasteiger partial charge is 0.00204 e. The van der Waals surface area contributed by atoms with Gasteiger partial charge in [0.1, 0.15) is 0 Å². The van der Waals surface area contributed by atoms with Crippen molar-refractivity contribution in [3.8, 4) is 0 Å². The molecule has 0 heterocycles. The lowest BCUT2D eigenvalue weighted by molar-refractivity contribution is 0.290. The van der Waals surface area contributed by atoms with Gasteiger partial charge in [-0.1, -0.05) is 39.5 Å². The van der Waals surface area contributed by atoms with Gasteiger partial charge in [-0.2, -0.15) is 0 Å². The summed E-state index contributed by atoms with van der Waals surface area (Å²) in [7, 11) is 0. The number of hydrogen-bond acceptors (Lipinski definition) is 1. The molecule has 1 nitrogen and oxygen atoms in total. The van der Waals surface area contributed by atoms with E-state index in [9.17, 15) is 0 Å². The predicted molar refractivity (Wildman–Crippen MR) is 63.5 cm³/mol. The van der Waals surface area contributed by atoms with Crippen LogP contribution in [0.15, 0.2) is 0 Å². The summed E-state index contributed by atoms with van der Waals surface area (Å²) in [6.07, 6.45) is 9.93. The summed E-state index contributed by atoms with van der Waals surface area (Å²) in [4.78, 5) is 0. The molecule has 1 heteroatoms. The molecule has 1 aliphatic rings.